The number of thiocarbonyl (C=S) groups is 1. The van der Waals surface area contributed by atoms with Gasteiger partial charge in [0.15, 0.2) is 0 Å². The van der Waals surface area contributed by atoms with E-state index in [0.29, 0.717) is 4.99 Å². The lowest BCUT2D eigenvalue weighted by atomic mass is 9.94. The highest BCUT2D eigenvalue weighted by Crippen LogP contribution is 2.26. The van der Waals surface area contributed by atoms with Crippen LogP contribution in [-0.4, -0.2) is 41.5 Å². The Morgan fingerprint density at radius 1 is 1.25 bits per heavy atom. The summed E-state index contributed by atoms with van der Waals surface area (Å²) in [7, 11) is 2.55. The number of methoxy groups -OCH3 is 2. The van der Waals surface area contributed by atoms with Crippen LogP contribution in [-0.2, 0) is 19.1 Å². The molecule has 0 radical (unpaired) electrons. The predicted molar refractivity (Wildman–Crippen MR) is 82.4 cm³/mol. The van der Waals surface area contributed by atoms with Crippen molar-refractivity contribution >= 4 is 42.0 Å². The standard InChI is InChI=1S/C13H21NO4S2/c1-17-11(15)8-10(13(16)18-2)12(19)14(20)9-6-4-3-5-7-9/h9-10,20H,3-8H2,1-2H3. The molecule has 7 heteroatoms. The van der Waals surface area contributed by atoms with Gasteiger partial charge in [-0.3, -0.25) is 9.59 Å². The topological polar surface area (TPSA) is 55.8 Å². The molecule has 0 aromatic carbocycles. The van der Waals surface area contributed by atoms with E-state index in [0.717, 1.165) is 25.7 Å². The fourth-order valence-corrected chi connectivity index (χ4v) is 3.03. The van der Waals surface area contributed by atoms with Gasteiger partial charge in [0.1, 0.15) is 10.9 Å². The lowest BCUT2D eigenvalue weighted by molar-refractivity contribution is -0.149. The van der Waals surface area contributed by atoms with E-state index in [1.165, 1.54) is 20.6 Å². The minimum Gasteiger partial charge on any atom is -0.469 e. The van der Waals surface area contributed by atoms with Gasteiger partial charge in [0, 0.05) is 6.04 Å². The summed E-state index contributed by atoms with van der Waals surface area (Å²) >= 11 is 9.75. The van der Waals surface area contributed by atoms with Crippen LogP contribution < -0.4 is 0 Å². The van der Waals surface area contributed by atoms with Crippen LogP contribution in [0.1, 0.15) is 38.5 Å². The van der Waals surface area contributed by atoms with Crippen molar-refractivity contribution in [3.8, 4) is 0 Å². The highest BCUT2D eigenvalue weighted by molar-refractivity contribution is 7.84. The summed E-state index contributed by atoms with van der Waals surface area (Å²) in [6.45, 7) is 0. The maximum absolute atomic E-state index is 11.8. The van der Waals surface area contributed by atoms with E-state index in [4.69, 9.17) is 17.0 Å². The smallest absolute Gasteiger partial charge is 0.316 e. The normalized spacial score (nSPS) is 17.1. The molecule has 1 fully saturated rings. The van der Waals surface area contributed by atoms with Gasteiger partial charge in [-0.05, 0) is 12.8 Å². The van der Waals surface area contributed by atoms with E-state index in [9.17, 15) is 9.59 Å². The summed E-state index contributed by atoms with van der Waals surface area (Å²) in [6.07, 6.45) is 5.35. The van der Waals surface area contributed by atoms with Crippen molar-refractivity contribution in [1.29, 1.82) is 0 Å². The molecule has 1 unspecified atom stereocenters. The zero-order valence-electron chi connectivity index (χ0n) is 11.8. The molecular formula is C13H21NO4S2. The Morgan fingerprint density at radius 2 is 1.85 bits per heavy atom. The molecule has 0 heterocycles. The van der Waals surface area contributed by atoms with Gasteiger partial charge in [0.05, 0.1) is 20.6 Å². The summed E-state index contributed by atoms with van der Waals surface area (Å²) in [6, 6.07) is 0.212. The fraction of sp³-hybridized carbons (Fsp3) is 0.769. The minimum atomic E-state index is -0.818. The lowest BCUT2D eigenvalue weighted by Crippen LogP contribution is -2.41. The number of carbonyl (C=O) groups is 2. The van der Waals surface area contributed by atoms with Crippen LogP contribution in [0.5, 0.6) is 0 Å². The molecule has 0 bridgehead atoms. The van der Waals surface area contributed by atoms with Crippen LogP contribution in [0.3, 0.4) is 0 Å². The zero-order valence-corrected chi connectivity index (χ0v) is 13.5. The molecule has 5 nitrogen and oxygen atoms in total. The average Bonchev–Trinajstić information content (AvgIpc) is 2.50. The number of ether oxygens (including phenoxy) is 2. The summed E-state index contributed by atoms with van der Waals surface area (Å²) < 4.78 is 11.0. The Morgan fingerprint density at radius 3 is 2.35 bits per heavy atom. The van der Waals surface area contributed by atoms with Crippen molar-refractivity contribution in [3.63, 3.8) is 0 Å². The largest absolute Gasteiger partial charge is 0.469 e. The molecule has 0 spiro atoms. The molecular weight excluding hydrogens is 298 g/mol. The van der Waals surface area contributed by atoms with Crippen molar-refractivity contribution in [2.45, 2.75) is 44.6 Å². The summed E-state index contributed by atoms with van der Waals surface area (Å²) in [4.78, 5) is 23.6. The second-order valence-corrected chi connectivity index (χ2v) is 5.68. The maximum Gasteiger partial charge on any atom is 0.316 e. The molecule has 0 aromatic heterocycles. The molecule has 0 N–H and O–H groups in total. The summed E-state index contributed by atoms with van der Waals surface area (Å²) in [5.41, 5.74) is 0. The Kier molecular flexibility index (Phi) is 7.29. The third-order valence-corrected chi connectivity index (χ3v) is 4.69. The van der Waals surface area contributed by atoms with Gasteiger partial charge in [0.25, 0.3) is 0 Å². The molecule has 0 amide bonds. The molecule has 0 aromatic rings. The first-order chi connectivity index (χ1) is 9.51. The van der Waals surface area contributed by atoms with Crippen molar-refractivity contribution in [1.82, 2.24) is 4.31 Å². The van der Waals surface area contributed by atoms with Gasteiger partial charge in [-0.1, -0.05) is 44.3 Å². The van der Waals surface area contributed by atoms with Crippen LogP contribution in [0.2, 0.25) is 0 Å². The van der Waals surface area contributed by atoms with Crippen molar-refractivity contribution in [3.05, 3.63) is 0 Å². The average molecular weight is 319 g/mol. The molecule has 114 valence electrons. The first-order valence-electron chi connectivity index (χ1n) is 6.67. The Labute approximate surface area is 130 Å². The number of esters is 2. The SMILES string of the molecule is COC(=O)CC(C(=O)OC)C(=S)N(S)C1CCCCC1. The van der Waals surface area contributed by atoms with Gasteiger partial charge in [0.2, 0.25) is 0 Å². The van der Waals surface area contributed by atoms with Gasteiger partial charge in [-0.25, -0.2) is 0 Å². The van der Waals surface area contributed by atoms with Crippen molar-refractivity contribution < 1.29 is 19.1 Å². The van der Waals surface area contributed by atoms with E-state index < -0.39 is 17.9 Å². The van der Waals surface area contributed by atoms with Gasteiger partial charge in [-0.2, -0.15) is 0 Å². The number of rotatable bonds is 5. The van der Waals surface area contributed by atoms with E-state index in [2.05, 4.69) is 17.6 Å². The second kappa shape index (κ2) is 8.46. The van der Waals surface area contributed by atoms with Crippen LogP contribution in [0.4, 0.5) is 0 Å². The first kappa shape index (κ1) is 17.2. The van der Waals surface area contributed by atoms with E-state index >= 15 is 0 Å². The van der Waals surface area contributed by atoms with Crippen LogP contribution >= 0.6 is 25.0 Å². The Balaban J connectivity index is 2.75. The summed E-state index contributed by atoms with van der Waals surface area (Å²) in [5, 5.41) is 0. The zero-order chi connectivity index (χ0) is 15.1. The molecule has 1 aliphatic rings. The van der Waals surface area contributed by atoms with E-state index in [-0.39, 0.29) is 12.5 Å². The monoisotopic (exact) mass is 319 g/mol. The number of thiol groups is 1. The fourth-order valence-electron chi connectivity index (χ4n) is 2.33. The minimum absolute atomic E-state index is 0.119. The molecule has 0 aliphatic heterocycles. The third kappa shape index (κ3) is 4.63. The molecule has 0 saturated heterocycles. The second-order valence-electron chi connectivity index (χ2n) is 4.83. The van der Waals surface area contributed by atoms with Crippen LogP contribution in [0, 0.1) is 5.92 Å². The predicted octanol–water partition coefficient (Wildman–Crippen LogP) is 2.15. The van der Waals surface area contributed by atoms with Crippen molar-refractivity contribution in [2.24, 2.45) is 5.92 Å². The third-order valence-electron chi connectivity index (χ3n) is 3.53. The Hall–Kier alpha value is -0.820. The quantitative estimate of drug-likeness (QED) is 0.476. The lowest BCUT2D eigenvalue weighted by Gasteiger charge is -2.33. The Bertz CT molecular complexity index is 369. The number of hydrogen-bond acceptors (Lipinski definition) is 6. The van der Waals surface area contributed by atoms with Crippen molar-refractivity contribution in [2.75, 3.05) is 14.2 Å². The van der Waals surface area contributed by atoms with Crippen LogP contribution in [0.15, 0.2) is 0 Å². The first-order valence-corrected chi connectivity index (χ1v) is 7.48. The molecule has 1 saturated carbocycles. The summed E-state index contributed by atoms with van der Waals surface area (Å²) in [5.74, 6) is -1.84. The van der Waals surface area contributed by atoms with E-state index in [1.807, 2.05) is 0 Å². The number of hydrogen-bond donors (Lipinski definition) is 1. The number of nitrogens with zero attached hydrogens (tertiary/aromatic N) is 1. The molecule has 1 rings (SSSR count). The molecule has 1 atom stereocenters. The number of carbonyl (C=O) groups excluding carboxylic acids is 2. The highest BCUT2D eigenvalue weighted by atomic mass is 32.1. The maximum atomic E-state index is 11.8. The molecule has 1 aliphatic carbocycles. The van der Waals surface area contributed by atoms with E-state index in [1.54, 1.807) is 4.31 Å². The van der Waals surface area contributed by atoms with Gasteiger partial charge >= 0.3 is 11.9 Å². The highest BCUT2D eigenvalue weighted by Gasteiger charge is 2.33. The van der Waals surface area contributed by atoms with Gasteiger partial charge < -0.3 is 13.8 Å². The van der Waals surface area contributed by atoms with Crippen LogP contribution in [0.25, 0.3) is 0 Å². The molecule has 20 heavy (non-hydrogen) atoms. The van der Waals surface area contributed by atoms with Gasteiger partial charge in [-0.15, -0.1) is 0 Å².